The van der Waals surface area contributed by atoms with Crippen LogP contribution in [0.25, 0.3) is 22.3 Å². The number of para-hydroxylation sites is 1. The molecule has 0 aliphatic rings. The molecular weight excluding hydrogens is 416 g/mol. The van der Waals surface area contributed by atoms with E-state index < -0.39 is 5.97 Å². The number of carboxylic acids is 1. The molecule has 0 saturated heterocycles. The highest BCUT2D eigenvalue weighted by atomic mass is 16.4. The van der Waals surface area contributed by atoms with Crippen LogP contribution in [0.15, 0.2) is 69.9 Å². The third kappa shape index (κ3) is 3.97. The highest BCUT2D eigenvalue weighted by Gasteiger charge is 2.21. The van der Waals surface area contributed by atoms with Gasteiger partial charge in [0, 0.05) is 22.4 Å². The normalized spacial score (nSPS) is 11.7. The van der Waals surface area contributed by atoms with Crippen molar-refractivity contribution in [2.45, 2.75) is 26.8 Å². The lowest BCUT2D eigenvalue weighted by molar-refractivity contribution is 0.0698. The van der Waals surface area contributed by atoms with E-state index in [9.17, 15) is 20.0 Å². The van der Waals surface area contributed by atoms with Gasteiger partial charge in [0.1, 0.15) is 11.3 Å². The summed E-state index contributed by atoms with van der Waals surface area (Å²) in [4.78, 5) is 24.9. The van der Waals surface area contributed by atoms with E-state index in [4.69, 9.17) is 4.42 Å². The molecule has 4 aromatic rings. The zero-order chi connectivity index (χ0) is 23.7. The molecule has 1 aromatic heterocycles. The van der Waals surface area contributed by atoms with E-state index in [-0.39, 0.29) is 17.0 Å². The molecule has 1 atom stereocenters. The maximum Gasteiger partial charge on any atom is 0.337 e. The van der Waals surface area contributed by atoms with E-state index >= 15 is 0 Å². The molecule has 0 aliphatic heterocycles. The average Bonchev–Trinajstić information content (AvgIpc) is 2.81. The molecule has 4 rings (SSSR count). The van der Waals surface area contributed by atoms with Gasteiger partial charge in [-0.3, -0.25) is 4.79 Å². The van der Waals surface area contributed by atoms with Gasteiger partial charge in [0.05, 0.1) is 28.6 Å². The van der Waals surface area contributed by atoms with Gasteiger partial charge in [-0.15, -0.1) is 0 Å². The van der Waals surface area contributed by atoms with Gasteiger partial charge in [-0.05, 0) is 56.7 Å². The molecule has 0 bridgehead atoms. The summed E-state index contributed by atoms with van der Waals surface area (Å²) in [5, 5.41) is 22.8. The van der Waals surface area contributed by atoms with Crippen molar-refractivity contribution in [1.82, 2.24) is 0 Å². The molecule has 0 saturated carbocycles. The summed E-state index contributed by atoms with van der Waals surface area (Å²) in [5.74, 6) is -0.676. The summed E-state index contributed by atoms with van der Waals surface area (Å²) >= 11 is 0. The second kappa shape index (κ2) is 8.64. The quantitative estimate of drug-likeness (QED) is 0.407. The van der Waals surface area contributed by atoms with E-state index in [0.717, 1.165) is 11.1 Å². The fraction of sp³-hybridized carbons (Fsp3) is 0.148. The number of carboxylic acid groups (broad SMARTS) is 1. The van der Waals surface area contributed by atoms with Crippen molar-refractivity contribution < 1.29 is 14.3 Å². The number of nitriles is 1. The topological polar surface area (TPSA) is 103 Å². The maximum atomic E-state index is 13.3. The van der Waals surface area contributed by atoms with Crippen molar-refractivity contribution in [2.24, 2.45) is 0 Å². The van der Waals surface area contributed by atoms with Crippen LogP contribution < -0.4 is 10.7 Å². The van der Waals surface area contributed by atoms with Crippen molar-refractivity contribution in [2.75, 3.05) is 5.32 Å². The van der Waals surface area contributed by atoms with Crippen LogP contribution in [-0.2, 0) is 0 Å². The van der Waals surface area contributed by atoms with E-state index in [1.165, 1.54) is 6.07 Å². The fourth-order valence-corrected chi connectivity index (χ4v) is 4.03. The predicted octanol–water partition coefficient (Wildman–Crippen LogP) is 5.82. The van der Waals surface area contributed by atoms with Crippen LogP contribution in [0.1, 0.15) is 45.6 Å². The number of benzene rings is 3. The summed E-state index contributed by atoms with van der Waals surface area (Å²) in [7, 11) is 0. The third-order valence-corrected chi connectivity index (χ3v) is 5.68. The van der Waals surface area contributed by atoms with Gasteiger partial charge < -0.3 is 14.8 Å². The van der Waals surface area contributed by atoms with Crippen LogP contribution in [0, 0.1) is 25.2 Å². The standard InChI is InChI=1S/C27H22N2O4/c1-15-12-21(17(3)29-23-11-7-6-10-20(23)27(31)32)26-22(13-15)24(30)16(2)25(33-26)19-9-5-4-8-18(19)14-28/h4-13,17,29H,1-3H3,(H,31,32)/t17-/m1/s1. The Balaban J connectivity index is 1.93. The minimum Gasteiger partial charge on any atom is -0.478 e. The first-order valence-electron chi connectivity index (χ1n) is 10.5. The fourth-order valence-electron chi connectivity index (χ4n) is 4.03. The largest absolute Gasteiger partial charge is 0.478 e. The van der Waals surface area contributed by atoms with E-state index in [1.54, 1.807) is 55.5 Å². The first-order chi connectivity index (χ1) is 15.8. The Bertz CT molecular complexity index is 1490. The Morgan fingerprint density at radius 3 is 2.52 bits per heavy atom. The third-order valence-electron chi connectivity index (χ3n) is 5.68. The molecule has 6 nitrogen and oxygen atoms in total. The van der Waals surface area contributed by atoms with Crippen LogP contribution in [0.4, 0.5) is 5.69 Å². The SMILES string of the molecule is Cc1cc([C@@H](C)Nc2ccccc2C(=O)O)c2oc(-c3ccccc3C#N)c(C)c(=O)c2c1. The molecule has 0 radical (unpaired) electrons. The molecule has 0 amide bonds. The first-order valence-corrected chi connectivity index (χ1v) is 10.5. The van der Waals surface area contributed by atoms with Crippen LogP contribution in [-0.4, -0.2) is 11.1 Å². The Hall–Kier alpha value is -4.37. The molecule has 0 unspecified atom stereocenters. The average molecular weight is 438 g/mol. The Kier molecular flexibility index (Phi) is 5.72. The van der Waals surface area contributed by atoms with Crippen molar-refractivity contribution in [3.63, 3.8) is 0 Å². The molecule has 164 valence electrons. The minimum absolute atomic E-state index is 0.155. The Morgan fingerprint density at radius 1 is 1.09 bits per heavy atom. The number of nitrogens with one attached hydrogen (secondary N) is 1. The van der Waals surface area contributed by atoms with Gasteiger partial charge in [0.25, 0.3) is 0 Å². The molecule has 0 fully saturated rings. The molecule has 6 heteroatoms. The van der Waals surface area contributed by atoms with Gasteiger partial charge in [0.15, 0.2) is 5.43 Å². The molecule has 2 N–H and O–H groups in total. The number of fused-ring (bicyclic) bond motifs is 1. The minimum atomic E-state index is -1.03. The smallest absolute Gasteiger partial charge is 0.337 e. The van der Waals surface area contributed by atoms with E-state index in [1.807, 2.05) is 19.9 Å². The van der Waals surface area contributed by atoms with E-state index in [2.05, 4.69) is 11.4 Å². The van der Waals surface area contributed by atoms with Crippen LogP contribution >= 0.6 is 0 Å². The Morgan fingerprint density at radius 2 is 1.79 bits per heavy atom. The monoisotopic (exact) mass is 438 g/mol. The molecule has 33 heavy (non-hydrogen) atoms. The number of aryl methyl sites for hydroxylation is 1. The van der Waals surface area contributed by atoms with Crippen molar-refractivity contribution in [3.05, 3.63) is 98.7 Å². The predicted molar refractivity (Wildman–Crippen MR) is 128 cm³/mol. The van der Waals surface area contributed by atoms with E-state index in [0.29, 0.717) is 39.1 Å². The number of rotatable bonds is 5. The van der Waals surface area contributed by atoms with Gasteiger partial charge >= 0.3 is 5.97 Å². The molecule has 0 spiro atoms. The lowest BCUT2D eigenvalue weighted by Crippen LogP contribution is -2.14. The van der Waals surface area contributed by atoms with Gasteiger partial charge in [-0.1, -0.05) is 30.3 Å². The zero-order valence-electron chi connectivity index (χ0n) is 18.5. The first kappa shape index (κ1) is 21.8. The molecule has 3 aromatic carbocycles. The molecule has 1 heterocycles. The number of carbonyl (C=O) groups is 1. The highest BCUT2D eigenvalue weighted by Crippen LogP contribution is 2.33. The van der Waals surface area contributed by atoms with Crippen molar-refractivity contribution in [1.29, 1.82) is 5.26 Å². The van der Waals surface area contributed by atoms with Crippen LogP contribution in [0.5, 0.6) is 0 Å². The summed E-state index contributed by atoms with van der Waals surface area (Å²) in [6, 6.07) is 19.2. The number of hydrogen-bond donors (Lipinski definition) is 2. The van der Waals surface area contributed by atoms with Gasteiger partial charge in [-0.25, -0.2) is 4.79 Å². The summed E-state index contributed by atoms with van der Waals surface area (Å²) in [6.07, 6.45) is 0. The molecular formula is C27H22N2O4. The summed E-state index contributed by atoms with van der Waals surface area (Å²) < 4.78 is 6.32. The van der Waals surface area contributed by atoms with Crippen molar-refractivity contribution >= 4 is 22.6 Å². The number of aromatic carboxylic acids is 1. The summed E-state index contributed by atoms with van der Waals surface area (Å²) in [5.41, 5.74) is 3.87. The zero-order valence-corrected chi connectivity index (χ0v) is 18.5. The van der Waals surface area contributed by atoms with Gasteiger partial charge in [-0.2, -0.15) is 5.26 Å². The number of anilines is 1. The second-order valence-corrected chi connectivity index (χ2v) is 7.99. The van der Waals surface area contributed by atoms with Crippen LogP contribution in [0.2, 0.25) is 0 Å². The molecule has 0 aliphatic carbocycles. The Labute approximate surface area is 190 Å². The number of hydrogen-bond acceptors (Lipinski definition) is 5. The number of nitrogens with zero attached hydrogens (tertiary/aromatic N) is 1. The van der Waals surface area contributed by atoms with Crippen molar-refractivity contribution in [3.8, 4) is 17.4 Å². The summed E-state index contributed by atoms with van der Waals surface area (Å²) in [6.45, 7) is 5.48. The lowest BCUT2D eigenvalue weighted by atomic mass is 9.97. The maximum absolute atomic E-state index is 13.3. The van der Waals surface area contributed by atoms with Crippen LogP contribution in [0.3, 0.4) is 0 Å². The second-order valence-electron chi connectivity index (χ2n) is 7.99. The lowest BCUT2D eigenvalue weighted by Gasteiger charge is -2.20. The van der Waals surface area contributed by atoms with Gasteiger partial charge in [0.2, 0.25) is 0 Å². The highest BCUT2D eigenvalue weighted by molar-refractivity contribution is 5.94.